The summed E-state index contributed by atoms with van der Waals surface area (Å²) in [6, 6.07) is 4.29. The maximum absolute atomic E-state index is 12.2. The smallest absolute Gasteiger partial charge is 0.265 e. The third-order valence-corrected chi connectivity index (χ3v) is 4.92. The molecule has 2 rings (SSSR count). The number of aromatic nitrogens is 2. The number of nitrogens with zero attached hydrogens (tertiary/aromatic N) is 2. The van der Waals surface area contributed by atoms with E-state index in [2.05, 4.69) is 14.9 Å². The van der Waals surface area contributed by atoms with E-state index < -0.39 is 10.0 Å². The topological polar surface area (TPSA) is 92.2 Å². The lowest BCUT2D eigenvalue weighted by atomic mass is 10.2. The van der Waals surface area contributed by atoms with Gasteiger partial charge in [0, 0.05) is 0 Å². The van der Waals surface area contributed by atoms with Gasteiger partial charge in [0.15, 0.2) is 0 Å². The van der Waals surface area contributed by atoms with E-state index in [0.717, 1.165) is 11.3 Å². The van der Waals surface area contributed by atoms with Crippen LogP contribution in [0.4, 0.5) is 5.13 Å². The van der Waals surface area contributed by atoms with Gasteiger partial charge in [-0.25, -0.2) is 8.42 Å². The van der Waals surface area contributed by atoms with Crippen molar-refractivity contribution in [1.29, 1.82) is 0 Å². The molecular formula is C10H10ClN3O3S2. The van der Waals surface area contributed by atoms with Crippen LogP contribution in [0.3, 0.4) is 0 Å². The van der Waals surface area contributed by atoms with Crippen LogP contribution in [0, 0.1) is 6.92 Å². The van der Waals surface area contributed by atoms with E-state index in [4.69, 9.17) is 16.7 Å². The SMILES string of the molecule is Cc1nnc(NS(=O)(=O)c2cc(CO)ccc2Cl)s1. The van der Waals surface area contributed by atoms with Crippen molar-refractivity contribution in [3.63, 3.8) is 0 Å². The Bertz CT molecular complexity index is 700. The lowest BCUT2D eigenvalue weighted by Gasteiger charge is -2.08. The average molecular weight is 320 g/mol. The number of halogens is 1. The molecular weight excluding hydrogens is 310 g/mol. The maximum Gasteiger partial charge on any atom is 0.265 e. The van der Waals surface area contributed by atoms with E-state index in [1.807, 2.05) is 0 Å². The summed E-state index contributed by atoms with van der Waals surface area (Å²) in [5.41, 5.74) is 0.457. The van der Waals surface area contributed by atoms with Crippen molar-refractivity contribution in [3.05, 3.63) is 33.8 Å². The van der Waals surface area contributed by atoms with Crippen LogP contribution in [0.5, 0.6) is 0 Å². The van der Waals surface area contributed by atoms with Gasteiger partial charge < -0.3 is 5.11 Å². The average Bonchev–Trinajstić information content (AvgIpc) is 2.74. The van der Waals surface area contributed by atoms with Gasteiger partial charge in [0.1, 0.15) is 9.90 Å². The van der Waals surface area contributed by atoms with E-state index in [9.17, 15) is 8.42 Å². The van der Waals surface area contributed by atoms with Crippen LogP contribution in [0.15, 0.2) is 23.1 Å². The molecule has 0 radical (unpaired) electrons. The summed E-state index contributed by atoms with van der Waals surface area (Å²) in [6.07, 6.45) is 0. The summed E-state index contributed by atoms with van der Waals surface area (Å²) in [6.45, 7) is 1.45. The Morgan fingerprint density at radius 2 is 2.16 bits per heavy atom. The molecule has 0 saturated heterocycles. The summed E-state index contributed by atoms with van der Waals surface area (Å²) < 4.78 is 26.6. The number of benzene rings is 1. The fourth-order valence-electron chi connectivity index (χ4n) is 1.36. The number of rotatable bonds is 4. The highest BCUT2D eigenvalue weighted by Gasteiger charge is 2.20. The molecule has 102 valence electrons. The fraction of sp³-hybridized carbons (Fsp3) is 0.200. The van der Waals surface area contributed by atoms with Gasteiger partial charge in [0.2, 0.25) is 5.13 Å². The molecule has 6 nitrogen and oxygen atoms in total. The van der Waals surface area contributed by atoms with Crippen LogP contribution >= 0.6 is 22.9 Å². The van der Waals surface area contributed by atoms with Gasteiger partial charge in [-0.2, -0.15) is 0 Å². The first-order chi connectivity index (χ1) is 8.92. The molecule has 0 unspecified atom stereocenters. The molecule has 1 heterocycles. The van der Waals surface area contributed by atoms with Crippen LogP contribution in [0.1, 0.15) is 10.6 Å². The molecule has 0 aliphatic heterocycles. The maximum atomic E-state index is 12.2. The lowest BCUT2D eigenvalue weighted by Crippen LogP contribution is -2.13. The van der Waals surface area contributed by atoms with E-state index in [0.29, 0.717) is 10.6 Å². The molecule has 0 amide bonds. The van der Waals surface area contributed by atoms with Crippen LogP contribution < -0.4 is 4.72 Å². The van der Waals surface area contributed by atoms with E-state index in [1.165, 1.54) is 12.1 Å². The van der Waals surface area contributed by atoms with Crippen LogP contribution in [0.2, 0.25) is 5.02 Å². The van der Waals surface area contributed by atoms with Crippen molar-refractivity contribution < 1.29 is 13.5 Å². The lowest BCUT2D eigenvalue weighted by molar-refractivity contribution is 0.281. The molecule has 1 aromatic carbocycles. The molecule has 0 aliphatic rings. The van der Waals surface area contributed by atoms with Crippen LogP contribution in [-0.2, 0) is 16.6 Å². The highest BCUT2D eigenvalue weighted by atomic mass is 35.5. The normalized spacial score (nSPS) is 11.5. The van der Waals surface area contributed by atoms with Gasteiger partial charge in [-0.15, -0.1) is 10.2 Å². The minimum Gasteiger partial charge on any atom is -0.392 e. The molecule has 0 spiro atoms. The van der Waals surface area contributed by atoms with E-state index in [1.54, 1.807) is 13.0 Å². The second kappa shape index (κ2) is 5.41. The number of anilines is 1. The highest BCUT2D eigenvalue weighted by Crippen LogP contribution is 2.26. The molecule has 0 saturated carbocycles. The van der Waals surface area contributed by atoms with Crippen LogP contribution in [0.25, 0.3) is 0 Å². The quantitative estimate of drug-likeness (QED) is 0.896. The Labute approximate surface area is 119 Å². The van der Waals surface area contributed by atoms with Crippen molar-refractivity contribution in [1.82, 2.24) is 10.2 Å². The van der Waals surface area contributed by atoms with Crippen molar-refractivity contribution >= 4 is 38.1 Å². The number of sulfonamides is 1. The van der Waals surface area contributed by atoms with Gasteiger partial charge in [0.25, 0.3) is 10.0 Å². The number of aryl methyl sites for hydroxylation is 1. The third kappa shape index (κ3) is 3.21. The molecule has 0 aliphatic carbocycles. The number of aliphatic hydroxyl groups excluding tert-OH is 1. The Kier molecular flexibility index (Phi) is 4.04. The third-order valence-electron chi connectivity index (χ3n) is 2.22. The van der Waals surface area contributed by atoms with Gasteiger partial charge in [-0.05, 0) is 24.6 Å². The molecule has 2 N–H and O–H groups in total. The largest absolute Gasteiger partial charge is 0.392 e. The summed E-state index contributed by atoms with van der Waals surface area (Å²) in [7, 11) is -3.85. The number of nitrogens with one attached hydrogen (secondary N) is 1. The van der Waals surface area contributed by atoms with Gasteiger partial charge in [-0.1, -0.05) is 29.0 Å². The predicted octanol–water partition coefficient (Wildman–Crippen LogP) is 1.79. The monoisotopic (exact) mass is 319 g/mol. The second-order valence-electron chi connectivity index (χ2n) is 3.65. The second-order valence-corrected chi connectivity index (χ2v) is 6.89. The van der Waals surface area contributed by atoms with E-state index >= 15 is 0 Å². The van der Waals surface area contributed by atoms with Crippen molar-refractivity contribution in [2.24, 2.45) is 0 Å². The minimum absolute atomic E-state index is 0.0749. The van der Waals surface area contributed by atoms with Gasteiger partial charge in [0.05, 0.1) is 11.6 Å². The molecule has 0 atom stereocenters. The molecule has 0 fully saturated rings. The van der Waals surface area contributed by atoms with Gasteiger partial charge >= 0.3 is 0 Å². The predicted molar refractivity (Wildman–Crippen MR) is 72.8 cm³/mol. The zero-order valence-electron chi connectivity index (χ0n) is 9.79. The van der Waals surface area contributed by atoms with Crippen molar-refractivity contribution in [2.75, 3.05) is 4.72 Å². The standard InChI is InChI=1S/C10H10ClN3O3S2/c1-6-12-13-10(18-6)14-19(16,17)9-4-7(5-15)2-3-8(9)11/h2-4,15H,5H2,1H3,(H,13,14). The number of hydrogen-bond acceptors (Lipinski definition) is 6. The summed E-state index contributed by atoms with van der Waals surface area (Å²) in [5.74, 6) is 0. The minimum atomic E-state index is -3.85. The first kappa shape index (κ1) is 14.2. The van der Waals surface area contributed by atoms with Crippen molar-refractivity contribution in [3.8, 4) is 0 Å². The summed E-state index contributed by atoms with van der Waals surface area (Å²) >= 11 is 7.00. The zero-order chi connectivity index (χ0) is 14.0. The Morgan fingerprint density at radius 1 is 1.42 bits per heavy atom. The Morgan fingerprint density at radius 3 is 2.74 bits per heavy atom. The van der Waals surface area contributed by atoms with Crippen molar-refractivity contribution in [2.45, 2.75) is 18.4 Å². The molecule has 19 heavy (non-hydrogen) atoms. The molecule has 2 aromatic rings. The molecule has 0 bridgehead atoms. The summed E-state index contributed by atoms with van der Waals surface area (Å²) in [4.78, 5) is -0.103. The zero-order valence-corrected chi connectivity index (χ0v) is 12.2. The highest BCUT2D eigenvalue weighted by molar-refractivity contribution is 7.93. The Hall–Kier alpha value is -1.22. The fourth-order valence-corrected chi connectivity index (χ4v) is 3.73. The molecule has 1 aromatic heterocycles. The number of aliphatic hydroxyl groups is 1. The van der Waals surface area contributed by atoms with Crippen LogP contribution in [-0.4, -0.2) is 23.7 Å². The number of hydrogen-bond donors (Lipinski definition) is 2. The Balaban J connectivity index is 2.39. The summed E-state index contributed by atoms with van der Waals surface area (Å²) in [5, 5.41) is 17.3. The van der Waals surface area contributed by atoms with E-state index in [-0.39, 0.29) is 21.7 Å². The first-order valence-corrected chi connectivity index (χ1v) is 7.82. The first-order valence-electron chi connectivity index (χ1n) is 5.14. The molecule has 9 heteroatoms. The van der Waals surface area contributed by atoms with Gasteiger partial charge in [-0.3, -0.25) is 4.72 Å².